The van der Waals surface area contributed by atoms with Crippen LogP contribution >= 0.6 is 0 Å². The Balaban J connectivity index is 1.41. The summed E-state index contributed by atoms with van der Waals surface area (Å²) in [5.41, 5.74) is 5.37. The van der Waals surface area contributed by atoms with Gasteiger partial charge >= 0.3 is 0 Å². The number of aliphatic hydroxyl groups is 1. The Bertz CT molecular complexity index is 1210. The summed E-state index contributed by atoms with van der Waals surface area (Å²) >= 11 is 0. The number of hydrogen-bond acceptors (Lipinski definition) is 2. The molecule has 4 aromatic rings. The van der Waals surface area contributed by atoms with Gasteiger partial charge in [-0.2, -0.15) is 0 Å². The fourth-order valence-corrected chi connectivity index (χ4v) is 6.95. The number of hydrogen-bond donors (Lipinski definition) is 1. The third kappa shape index (κ3) is 9.03. The normalized spacial score (nSPS) is 12.5. The summed E-state index contributed by atoms with van der Waals surface area (Å²) in [7, 11) is -1.37. The zero-order valence-corrected chi connectivity index (χ0v) is 24.8. The Hall–Kier alpha value is -2.98. The topological polar surface area (TPSA) is 29.5 Å². The molecule has 2 nitrogen and oxygen atoms in total. The van der Waals surface area contributed by atoms with Gasteiger partial charge in [0.2, 0.25) is 0 Å². The highest BCUT2D eigenvalue weighted by atomic mass is 28.3. The third-order valence-electron chi connectivity index (χ3n) is 7.35. The molecule has 0 spiro atoms. The molecule has 4 rings (SSSR count). The van der Waals surface area contributed by atoms with E-state index in [0.29, 0.717) is 6.61 Å². The van der Waals surface area contributed by atoms with Crippen molar-refractivity contribution in [2.24, 2.45) is 0 Å². The minimum Gasteiger partial charge on any atom is -0.403 e. The Morgan fingerprint density at radius 2 is 1.21 bits per heavy atom. The molecule has 0 aromatic heterocycles. The van der Waals surface area contributed by atoms with E-state index in [-0.39, 0.29) is 11.5 Å². The fraction of sp³-hybridized carbons (Fsp3) is 0.333. The number of aryl methyl sites for hydroxylation is 2. The summed E-state index contributed by atoms with van der Waals surface area (Å²) in [6.07, 6.45) is 5.43. The molecule has 0 fully saturated rings. The standard InChI is InChI=1S/C36H43O2Si/c1-36(2,3)32-26-25-30(18-14-20-33(37)19-13-17-29-15-7-4-8-16-29)31(27-32)28-38-39(34-21-9-5-10-22-34)35-23-11-6-12-24-35/h4-12,15-16,21-27,33,37H,13-14,17-20,28H2,1-3H3. The Morgan fingerprint density at radius 3 is 1.77 bits per heavy atom. The first-order valence-corrected chi connectivity index (χ1v) is 15.8. The van der Waals surface area contributed by atoms with E-state index in [1.54, 1.807) is 0 Å². The van der Waals surface area contributed by atoms with Crippen molar-refractivity contribution >= 4 is 19.4 Å². The molecule has 1 radical (unpaired) electrons. The van der Waals surface area contributed by atoms with Crippen molar-refractivity contribution in [1.82, 2.24) is 0 Å². The van der Waals surface area contributed by atoms with E-state index < -0.39 is 9.04 Å². The minimum absolute atomic E-state index is 0.0782. The molecule has 203 valence electrons. The van der Waals surface area contributed by atoms with Crippen LogP contribution in [0.3, 0.4) is 0 Å². The maximum Gasteiger partial charge on any atom is 0.283 e. The molecule has 0 aliphatic carbocycles. The van der Waals surface area contributed by atoms with Crippen molar-refractivity contribution in [3.8, 4) is 0 Å². The summed E-state index contributed by atoms with van der Waals surface area (Å²) in [5, 5.41) is 13.2. The third-order valence-corrected chi connectivity index (χ3v) is 9.49. The molecule has 3 heteroatoms. The second-order valence-corrected chi connectivity index (χ2v) is 13.6. The summed E-state index contributed by atoms with van der Waals surface area (Å²) in [5.74, 6) is 0. The van der Waals surface area contributed by atoms with Crippen LogP contribution in [0.5, 0.6) is 0 Å². The van der Waals surface area contributed by atoms with Crippen LogP contribution in [0, 0.1) is 0 Å². The highest BCUT2D eigenvalue weighted by Gasteiger charge is 2.21. The molecular formula is C36H43O2Si. The fourth-order valence-electron chi connectivity index (χ4n) is 4.99. The highest BCUT2D eigenvalue weighted by molar-refractivity contribution is 6.80. The summed E-state index contributed by atoms with van der Waals surface area (Å²) in [4.78, 5) is 0. The van der Waals surface area contributed by atoms with Gasteiger partial charge in [-0.3, -0.25) is 0 Å². The van der Waals surface area contributed by atoms with Gasteiger partial charge in [-0.1, -0.05) is 130 Å². The average molecular weight is 536 g/mol. The number of benzene rings is 4. The zero-order chi connectivity index (χ0) is 27.5. The van der Waals surface area contributed by atoms with Crippen LogP contribution in [0.1, 0.15) is 68.7 Å². The summed E-state index contributed by atoms with van der Waals surface area (Å²) < 4.78 is 6.78. The van der Waals surface area contributed by atoms with Gasteiger partial charge in [0.15, 0.2) is 0 Å². The van der Waals surface area contributed by atoms with Gasteiger partial charge in [0, 0.05) is 0 Å². The molecule has 0 bridgehead atoms. The number of rotatable bonds is 13. The lowest BCUT2D eigenvalue weighted by atomic mass is 9.84. The molecule has 0 amide bonds. The zero-order valence-electron chi connectivity index (χ0n) is 23.8. The van der Waals surface area contributed by atoms with Crippen molar-refractivity contribution in [2.75, 3.05) is 0 Å². The first-order chi connectivity index (χ1) is 18.9. The number of aliphatic hydroxyl groups excluding tert-OH is 1. The van der Waals surface area contributed by atoms with E-state index >= 15 is 0 Å². The molecule has 4 aromatic carbocycles. The quantitative estimate of drug-likeness (QED) is 0.187. The highest BCUT2D eigenvalue weighted by Crippen LogP contribution is 2.26. The van der Waals surface area contributed by atoms with E-state index in [0.717, 1.165) is 38.5 Å². The SMILES string of the molecule is CC(C)(C)c1ccc(CCCC(O)CCCc2ccccc2)c(CO[Si](c2ccccc2)c2ccccc2)c1. The van der Waals surface area contributed by atoms with Crippen molar-refractivity contribution in [2.45, 2.75) is 77.4 Å². The van der Waals surface area contributed by atoms with Gasteiger partial charge in [-0.25, -0.2) is 0 Å². The molecule has 0 aliphatic rings. The lowest BCUT2D eigenvalue weighted by molar-refractivity contribution is 0.149. The van der Waals surface area contributed by atoms with Crippen LogP contribution < -0.4 is 10.4 Å². The Morgan fingerprint density at radius 1 is 0.667 bits per heavy atom. The van der Waals surface area contributed by atoms with E-state index in [2.05, 4.69) is 130 Å². The van der Waals surface area contributed by atoms with E-state index in [9.17, 15) is 5.11 Å². The second kappa shape index (κ2) is 14.4. The van der Waals surface area contributed by atoms with Crippen LogP contribution in [0.4, 0.5) is 0 Å². The molecule has 1 unspecified atom stereocenters. The van der Waals surface area contributed by atoms with Crippen molar-refractivity contribution in [3.63, 3.8) is 0 Å². The second-order valence-electron chi connectivity index (χ2n) is 11.5. The molecule has 0 aliphatic heterocycles. The van der Waals surface area contributed by atoms with Gasteiger partial charge in [0.05, 0.1) is 12.7 Å². The molecule has 0 saturated heterocycles. The van der Waals surface area contributed by atoms with Crippen LogP contribution in [0.25, 0.3) is 0 Å². The first kappa shape index (κ1) is 29.0. The Kier molecular flexibility index (Phi) is 10.7. The largest absolute Gasteiger partial charge is 0.403 e. The monoisotopic (exact) mass is 535 g/mol. The van der Waals surface area contributed by atoms with Crippen LogP contribution in [0.2, 0.25) is 0 Å². The maximum atomic E-state index is 10.6. The van der Waals surface area contributed by atoms with Crippen molar-refractivity contribution in [1.29, 1.82) is 0 Å². The van der Waals surface area contributed by atoms with Crippen LogP contribution in [0.15, 0.2) is 109 Å². The lowest BCUT2D eigenvalue weighted by Crippen LogP contribution is -2.44. The first-order valence-electron chi connectivity index (χ1n) is 14.3. The van der Waals surface area contributed by atoms with Gasteiger partial charge in [0.1, 0.15) is 0 Å². The van der Waals surface area contributed by atoms with E-state index in [1.807, 2.05) is 0 Å². The lowest BCUT2D eigenvalue weighted by Gasteiger charge is -2.23. The van der Waals surface area contributed by atoms with Gasteiger partial charge < -0.3 is 9.53 Å². The van der Waals surface area contributed by atoms with Gasteiger partial charge in [-0.05, 0) is 76.6 Å². The molecule has 39 heavy (non-hydrogen) atoms. The Labute approximate surface area is 237 Å². The van der Waals surface area contributed by atoms with Crippen LogP contribution in [-0.2, 0) is 29.3 Å². The molecular weight excluding hydrogens is 492 g/mol. The summed E-state index contributed by atoms with van der Waals surface area (Å²) in [6.45, 7) is 7.39. The van der Waals surface area contributed by atoms with E-state index in [1.165, 1.54) is 32.6 Å². The smallest absolute Gasteiger partial charge is 0.283 e. The predicted octanol–water partition coefficient (Wildman–Crippen LogP) is 7.01. The van der Waals surface area contributed by atoms with Gasteiger partial charge in [0.25, 0.3) is 9.04 Å². The van der Waals surface area contributed by atoms with Crippen molar-refractivity contribution < 1.29 is 9.53 Å². The maximum absolute atomic E-state index is 10.6. The summed E-state index contributed by atoms with van der Waals surface area (Å²) in [6, 6.07) is 38.7. The van der Waals surface area contributed by atoms with E-state index in [4.69, 9.17) is 4.43 Å². The molecule has 0 heterocycles. The molecule has 1 N–H and O–H groups in total. The molecule has 0 saturated carbocycles. The predicted molar refractivity (Wildman–Crippen MR) is 166 cm³/mol. The van der Waals surface area contributed by atoms with Crippen LogP contribution in [-0.4, -0.2) is 20.3 Å². The molecule has 1 atom stereocenters. The van der Waals surface area contributed by atoms with Crippen molar-refractivity contribution in [3.05, 3.63) is 131 Å². The van der Waals surface area contributed by atoms with Gasteiger partial charge in [-0.15, -0.1) is 0 Å². The average Bonchev–Trinajstić information content (AvgIpc) is 2.95. The minimum atomic E-state index is -1.37.